The van der Waals surface area contributed by atoms with Crippen LogP contribution in [-0.2, 0) is 16.5 Å². The summed E-state index contributed by atoms with van der Waals surface area (Å²) < 4.78 is 38.7. The minimum absolute atomic E-state index is 0. The third kappa shape index (κ3) is 10.9. The first-order chi connectivity index (χ1) is 14.4. The minimum atomic E-state index is -4.29. The average molecular weight is 457 g/mol. The van der Waals surface area contributed by atoms with Crippen LogP contribution in [0.25, 0.3) is 0 Å². The molecule has 0 aliphatic heterocycles. The van der Waals surface area contributed by atoms with Crippen molar-refractivity contribution in [3.63, 3.8) is 0 Å². The van der Waals surface area contributed by atoms with Crippen molar-refractivity contribution in [3.05, 3.63) is 48.0 Å². The third-order valence-electron chi connectivity index (χ3n) is 5.17. The molecule has 2 aromatic rings. The van der Waals surface area contributed by atoms with Gasteiger partial charge in [0.2, 0.25) is 0 Å². The molecular weight excluding hydrogens is 423 g/mol. The Morgan fingerprint density at radius 1 is 0.806 bits per heavy atom. The molecular formula is C24H33NaO5S. The smallest absolute Gasteiger partial charge is 0.872 e. The van der Waals surface area contributed by atoms with Gasteiger partial charge >= 0.3 is 29.6 Å². The molecule has 0 spiro atoms. The van der Waals surface area contributed by atoms with E-state index in [0.717, 1.165) is 19.3 Å². The maximum Gasteiger partial charge on any atom is 1.00 e. The van der Waals surface area contributed by atoms with E-state index in [-0.39, 0.29) is 40.2 Å². The molecule has 0 bridgehead atoms. The van der Waals surface area contributed by atoms with Crippen LogP contribution in [0.3, 0.4) is 0 Å². The summed E-state index contributed by atoms with van der Waals surface area (Å²) in [5.41, 5.74) is 0.551. The number of ether oxygens (including phenoxy) is 1. The molecule has 0 radical (unpaired) electrons. The predicted octanol–water partition coefficient (Wildman–Crippen LogP) is 3.27. The van der Waals surface area contributed by atoms with Gasteiger partial charge in [-0.2, -0.15) is 8.42 Å². The molecule has 0 aromatic heterocycles. The van der Waals surface area contributed by atoms with E-state index in [1.54, 1.807) is 18.2 Å². The summed E-state index contributed by atoms with van der Waals surface area (Å²) in [6, 6.07) is 10.5. The Kier molecular flexibility index (Phi) is 13.5. The number of unbranched alkanes of at least 4 members (excludes halogenated alkanes) is 9. The van der Waals surface area contributed by atoms with Gasteiger partial charge in [-0.05, 0) is 48.7 Å². The fourth-order valence-electron chi connectivity index (χ4n) is 3.51. The number of aryl methyl sites for hydroxylation is 1. The van der Waals surface area contributed by atoms with E-state index >= 15 is 0 Å². The normalized spacial score (nSPS) is 11.2. The Morgan fingerprint density at radius 3 is 1.87 bits per heavy atom. The van der Waals surface area contributed by atoms with Gasteiger partial charge < -0.3 is 9.84 Å². The molecule has 0 aliphatic carbocycles. The molecule has 2 rings (SSSR count). The molecule has 0 heterocycles. The molecule has 0 amide bonds. The van der Waals surface area contributed by atoms with Crippen LogP contribution in [0, 0.1) is 0 Å². The van der Waals surface area contributed by atoms with Crippen LogP contribution >= 0.6 is 0 Å². The van der Waals surface area contributed by atoms with Gasteiger partial charge in [-0.3, -0.25) is 4.55 Å². The van der Waals surface area contributed by atoms with Crippen molar-refractivity contribution in [3.8, 4) is 17.2 Å². The molecule has 0 saturated heterocycles. The first-order valence-corrected chi connectivity index (χ1v) is 12.4. The second-order valence-electron chi connectivity index (χ2n) is 7.75. The number of hydrogen-bond donors (Lipinski definition) is 1. The van der Waals surface area contributed by atoms with E-state index in [1.165, 1.54) is 69.2 Å². The monoisotopic (exact) mass is 456 g/mol. The van der Waals surface area contributed by atoms with Crippen molar-refractivity contribution in [1.82, 2.24) is 0 Å². The van der Waals surface area contributed by atoms with Crippen molar-refractivity contribution in [2.45, 2.75) is 82.4 Å². The summed E-state index contributed by atoms with van der Waals surface area (Å²) in [7, 11) is -4.29. The number of benzene rings is 2. The van der Waals surface area contributed by atoms with Crippen molar-refractivity contribution in [1.29, 1.82) is 0 Å². The molecule has 0 unspecified atom stereocenters. The predicted molar refractivity (Wildman–Crippen MR) is 118 cm³/mol. The molecule has 0 aliphatic rings. The second-order valence-corrected chi connectivity index (χ2v) is 9.14. The zero-order valence-corrected chi connectivity index (χ0v) is 21.6. The van der Waals surface area contributed by atoms with Crippen LogP contribution in [-0.4, -0.2) is 13.0 Å². The van der Waals surface area contributed by atoms with Gasteiger partial charge in [-0.25, -0.2) is 0 Å². The zero-order chi connectivity index (χ0) is 21.8. The summed E-state index contributed by atoms with van der Waals surface area (Å²) in [6.07, 6.45) is 12.6. The van der Waals surface area contributed by atoms with Crippen molar-refractivity contribution >= 4 is 10.1 Å². The summed E-state index contributed by atoms with van der Waals surface area (Å²) in [6.45, 7) is 2.22. The zero-order valence-electron chi connectivity index (χ0n) is 18.8. The first-order valence-electron chi connectivity index (χ1n) is 11.0. The summed E-state index contributed by atoms with van der Waals surface area (Å²) in [4.78, 5) is -0.0688. The van der Waals surface area contributed by atoms with Crippen LogP contribution < -0.4 is 39.4 Å². The Hall–Kier alpha value is -1.05. The molecule has 1 N–H and O–H groups in total. The quantitative estimate of drug-likeness (QED) is 0.268. The largest absolute Gasteiger partial charge is 1.00 e. The number of hydrogen-bond acceptors (Lipinski definition) is 4. The Balaban J connectivity index is 0.00000480. The van der Waals surface area contributed by atoms with E-state index < -0.39 is 10.1 Å². The molecule has 5 nitrogen and oxygen atoms in total. The summed E-state index contributed by atoms with van der Waals surface area (Å²) in [5, 5.41) is 11.2. The maximum absolute atomic E-state index is 11.7. The van der Waals surface area contributed by atoms with E-state index in [2.05, 4.69) is 6.92 Å². The Morgan fingerprint density at radius 2 is 1.32 bits per heavy atom. The topological polar surface area (TPSA) is 86.7 Å². The average Bonchev–Trinajstić information content (AvgIpc) is 2.70. The maximum atomic E-state index is 11.7. The van der Waals surface area contributed by atoms with Crippen LogP contribution in [0.5, 0.6) is 17.2 Å². The van der Waals surface area contributed by atoms with E-state index in [4.69, 9.17) is 4.74 Å². The minimum Gasteiger partial charge on any atom is -0.872 e. The molecule has 0 atom stereocenters. The fourth-order valence-corrected chi connectivity index (χ4v) is 4.25. The van der Waals surface area contributed by atoms with Gasteiger partial charge in [0.1, 0.15) is 11.5 Å². The van der Waals surface area contributed by atoms with Crippen LogP contribution in [0.15, 0.2) is 47.4 Å². The van der Waals surface area contributed by atoms with E-state index in [0.29, 0.717) is 23.5 Å². The van der Waals surface area contributed by atoms with Crippen molar-refractivity contribution < 1.29 is 52.4 Å². The van der Waals surface area contributed by atoms with E-state index in [1.807, 2.05) is 0 Å². The van der Waals surface area contributed by atoms with Gasteiger partial charge in [0.25, 0.3) is 10.1 Å². The molecule has 31 heavy (non-hydrogen) atoms. The summed E-state index contributed by atoms with van der Waals surface area (Å²) >= 11 is 0. The molecule has 0 fully saturated rings. The molecule has 0 saturated carbocycles. The van der Waals surface area contributed by atoms with Crippen molar-refractivity contribution in [2.24, 2.45) is 0 Å². The van der Waals surface area contributed by atoms with Gasteiger partial charge in [0, 0.05) is 0 Å². The van der Waals surface area contributed by atoms with Gasteiger partial charge in [-0.15, -0.1) is 5.75 Å². The van der Waals surface area contributed by atoms with Gasteiger partial charge in [0.05, 0.1) is 4.90 Å². The third-order valence-corrected chi connectivity index (χ3v) is 6.12. The summed E-state index contributed by atoms with van der Waals surface area (Å²) in [5.74, 6) is 0.868. The van der Waals surface area contributed by atoms with Gasteiger partial charge in [0.15, 0.2) is 0 Å². The Bertz CT molecular complexity index is 866. The second kappa shape index (κ2) is 14.9. The number of rotatable bonds is 14. The molecule has 166 valence electrons. The molecule has 2 aromatic carbocycles. The Labute approximate surface area is 209 Å². The van der Waals surface area contributed by atoms with Gasteiger partial charge in [-0.1, -0.05) is 76.8 Å². The van der Waals surface area contributed by atoms with Crippen molar-refractivity contribution in [2.75, 3.05) is 0 Å². The standard InChI is InChI=1S/C24H34O5S.Na/c1-2-3-4-5-6-7-8-9-10-11-12-20-19-23(17-18-24(20)30(26,27)28)29-22-15-13-21(25)14-16-22;/h13-19,25H,2-12H2,1H3,(H,26,27,28);/q;+1/p-1. The van der Waals surface area contributed by atoms with Crippen LogP contribution in [0.4, 0.5) is 0 Å². The molecule has 7 heteroatoms. The first kappa shape index (κ1) is 28.0. The van der Waals surface area contributed by atoms with Crippen LogP contribution in [0.1, 0.15) is 76.7 Å². The van der Waals surface area contributed by atoms with Crippen LogP contribution in [0.2, 0.25) is 0 Å². The SMILES string of the molecule is CCCCCCCCCCCCc1cc(Oc2ccc([O-])cc2)ccc1S(=O)(=O)O.[Na+]. The van der Waals surface area contributed by atoms with E-state index in [9.17, 15) is 18.1 Å². The fraction of sp³-hybridized carbons (Fsp3) is 0.500.